The fraction of sp³-hybridized carbons (Fsp3) is 0.472. The average Bonchev–Trinajstić information content (AvgIpc) is 3.26. The SMILES string of the molecule is CC(c1ccccc1)N1[C@@H]2CC[C@H](OCCOc3cc(C(F)(F)F)cc(C(F)(F)F)c3)[C@@]1(c1ccccc1)C[C@@H]2C(=O)OC(C)(C)C. The summed E-state index contributed by atoms with van der Waals surface area (Å²) in [5, 5.41) is 0. The Morgan fingerprint density at radius 3 is 1.98 bits per heavy atom. The molecule has 2 heterocycles. The van der Waals surface area contributed by atoms with Gasteiger partial charge in [-0.1, -0.05) is 60.7 Å². The smallest absolute Gasteiger partial charge is 0.416 e. The van der Waals surface area contributed by atoms with Crippen LogP contribution >= 0.6 is 0 Å². The van der Waals surface area contributed by atoms with Gasteiger partial charge in [-0.3, -0.25) is 9.69 Å². The highest BCUT2D eigenvalue weighted by atomic mass is 19.4. The van der Waals surface area contributed by atoms with Gasteiger partial charge in [-0.25, -0.2) is 0 Å². The number of fused-ring (bicyclic) bond motifs is 2. The van der Waals surface area contributed by atoms with E-state index in [1.807, 2.05) is 81.4 Å². The molecule has 2 fully saturated rings. The molecule has 2 bridgehead atoms. The number of carbonyl (C=O) groups is 1. The monoisotopic (exact) mass is 663 g/mol. The van der Waals surface area contributed by atoms with Crippen LogP contribution in [0.3, 0.4) is 0 Å². The fourth-order valence-electron chi connectivity index (χ4n) is 7.17. The van der Waals surface area contributed by atoms with Crippen LogP contribution in [-0.4, -0.2) is 41.8 Å². The van der Waals surface area contributed by atoms with Crippen molar-refractivity contribution in [2.45, 2.75) is 88.6 Å². The molecule has 1 unspecified atom stereocenters. The summed E-state index contributed by atoms with van der Waals surface area (Å²) in [6.07, 6.45) is -8.86. The van der Waals surface area contributed by atoms with Crippen LogP contribution in [-0.2, 0) is 32.2 Å². The number of piperidine rings is 1. The second kappa shape index (κ2) is 13.1. The Bertz CT molecular complexity index is 1490. The summed E-state index contributed by atoms with van der Waals surface area (Å²) in [5.41, 5.74) is -2.38. The van der Waals surface area contributed by atoms with E-state index in [0.717, 1.165) is 11.1 Å². The van der Waals surface area contributed by atoms with Crippen LogP contribution in [0, 0.1) is 5.92 Å². The predicted octanol–water partition coefficient (Wildman–Crippen LogP) is 8.97. The van der Waals surface area contributed by atoms with Gasteiger partial charge in [0.05, 0.1) is 35.3 Å². The number of esters is 1. The highest BCUT2D eigenvalue weighted by molar-refractivity contribution is 5.75. The Kier molecular flexibility index (Phi) is 9.72. The normalized spacial score (nSPS) is 24.2. The van der Waals surface area contributed by atoms with Gasteiger partial charge >= 0.3 is 18.3 Å². The third kappa shape index (κ3) is 7.46. The zero-order valence-electron chi connectivity index (χ0n) is 26.7. The van der Waals surface area contributed by atoms with Gasteiger partial charge in [-0.2, -0.15) is 26.3 Å². The van der Waals surface area contributed by atoms with Crippen LogP contribution in [0.15, 0.2) is 78.9 Å². The number of benzene rings is 3. The molecule has 2 saturated heterocycles. The summed E-state index contributed by atoms with van der Waals surface area (Å²) < 4.78 is 98.1. The van der Waals surface area contributed by atoms with Crippen LogP contribution in [0.1, 0.15) is 75.3 Å². The molecule has 3 aromatic carbocycles. The van der Waals surface area contributed by atoms with Crippen molar-refractivity contribution in [3.8, 4) is 5.75 Å². The maximum Gasteiger partial charge on any atom is 0.416 e. The first-order chi connectivity index (χ1) is 22.0. The topological polar surface area (TPSA) is 48.0 Å². The minimum Gasteiger partial charge on any atom is -0.491 e. The number of carbonyl (C=O) groups excluding carboxylic acids is 1. The van der Waals surface area contributed by atoms with Gasteiger partial charge < -0.3 is 14.2 Å². The van der Waals surface area contributed by atoms with E-state index in [4.69, 9.17) is 14.2 Å². The molecule has 254 valence electrons. The molecule has 0 amide bonds. The third-order valence-electron chi connectivity index (χ3n) is 8.99. The van der Waals surface area contributed by atoms with Crippen LogP contribution in [0.5, 0.6) is 5.75 Å². The summed E-state index contributed by atoms with van der Waals surface area (Å²) in [6, 6.07) is 20.5. The molecule has 0 aliphatic carbocycles. The number of hydrogen-bond donors (Lipinski definition) is 0. The molecule has 2 aliphatic rings. The van der Waals surface area contributed by atoms with Crippen LogP contribution in [0.4, 0.5) is 26.3 Å². The van der Waals surface area contributed by atoms with Crippen molar-refractivity contribution in [1.29, 1.82) is 0 Å². The second-order valence-corrected chi connectivity index (χ2v) is 13.2. The first kappa shape index (κ1) is 34.8. The van der Waals surface area contributed by atoms with Gasteiger partial charge in [0.1, 0.15) is 18.0 Å². The minimum atomic E-state index is -4.98. The van der Waals surface area contributed by atoms with E-state index in [1.165, 1.54) is 0 Å². The number of ether oxygens (including phenoxy) is 3. The van der Waals surface area contributed by atoms with Gasteiger partial charge in [-0.15, -0.1) is 0 Å². The highest BCUT2D eigenvalue weighted by Crippen LogP contribution is 2.57. The Morgan fingerprint density at radius 1 is 0.851 bits per heavy atom. The standard InChI is InChI=1S/C36H39F6NO4/c1-23(24-11-7-5-8-12-24)43-30-15-16-31(34(43,25-13-9-6-10-14-25)22-29(30)32(44)47-33(2,3)4)46-18-17-45-28-20-26(35(37,38)39)19-27(21-28)36(40,41)42/h5-14,19-21,23,29-31H,15-18,22H2,1-4H3/t23?,29-,30+,31-,34-/m0/s1. The van der Waals surface area contributed by atoms with E-state index in [0.29, 0.717) is 31.4 Å². The van der Waals surface area contributed by atoms with Crippen molar-refractivity contribution in [1.82, 2.24) is 4.90 Å². The Balaban J connectivity index is 1.46. The Labute approximate surface area is 270 Å². The van der Waals surface area contributed by atoms with Gasteiger partial charge in [0.2, 0.25) is 0 Å². The highest BCUT2D eigenvalue weighted by Gasteiger charge is 2.63. The minimum absolute atomic E-state index is 0.0646. The van der Waals surface area contributed by atoms with Crippen molar-refractivity contribution >= 4 is 5.97 Å². The number of alkyl halides is 6. The molecule has 2 aliphatic heterocycles. The number of halogens is 6. The van der Waals surface area contributed by atoms with Crippen LogP contribution in [0.25, 0.3) is 0 Å². The lowest BCUT2D eigenvalue weighted by Gasteiger charge is -2.52. The van der Waals surface area contributed by atoms with Crippen molar-refractivity contribution in [3.63, 3.8) is 0 Å². The molecule has 0 saturated carbocycles. The molecular formula is C36H39F6NO4. The molecule has 5 nitrogen and oxygen atoms in total. The Hall–Kier alpha value is -3.57. The van der Waals surface area contributed by atoms with Crippen LogP contribution in [0.2, 0.25) is 0 Å². The van der Waals surface area contributed by atoms with E-state index in [9.17, 15) is 31.1 Å². The summed E-state index contributed by atoms with van der Waals surface area (Å²) in [5.74, 6) is -1.31. The maximum atomic E-state index is 13.7. The summed E-state index contributed by atoms with van der Waals surface area (Å²) in [6.45, 7) is 7.19. The summed E-state index contributed by atoms with van der Waals surface area (Å²) >= 11 is 0. The second-order valence-electron chi connectivity index (χ2n) is 13.2. The average molecular weight is 664 g/mol. The molecule has 5 atom stereocenters. The number of rotatable bonds is 9. The lowest BCUT2D eigenvalue weighted by molar-refractivity contribution is -0.161. The molecule has 0 N–H and O–H groups in total. The molecule has 5 rings (SSSR count). The number of nitrogens with zero attached hydrogens (tertiary/aromatic N) is 1. The Morgan fingerprint density at radius 2 is 1.43 bits per heavy atom. The van der Waals surface area contributed by atoms with E-state index in [1.54, 1.807) is 0 Å². The first-order valence-corrected chi connectivity index (χ1v) is 15.7. The molecule has 0 radical (unpaired) electrons. The predicted molar refractivity (Wildman–Crippen MR) is 163 cm³/mol. The van der Waals surface area contributed by atoms with Crippen molar-refractivity contribution in [3.05, 3.63) is 101 Å². The van der Waals surface area contributed by atoms with Crippen molar-refractivity contribution in [2.75, 3.05) is 13.2 Å². The zero-order chi connectivity index (χ0) is 34.2. The zero-order valence-corrected chi connectivity index (χ0v) is 26.7. The third-order valence-corrected chi connectivity index (χ3v) is 8.99. The van der Waals surface area contributed by atoms with E-state index >= 15 is 0 Å². The van der Waals surface area contributed by atoms with Gasteiger partial charge in [0.25, 0.3) is 0 Å². The van der Waals surface area contributed by atoms with Gasteiger partial charge in [-0.05, 0) is 76.3 Å². The molecule has 0 spiro atoms. The summed E-state index contributed by atoms with van der Waals surface area (Å²) in [4.78, 5) is 16.1. The van der Waals surface area contributed by atoms with E-state index in [2.05, 4.69) is 11.8 Å². The largest absolute Gasteiger partial charge is 0.491 e. The summed E-state index contributed by atoms with van der Waals surface area (Å²) in [7, 11) is 0. The molecule has 11 heteroatoms. The quantitative estimate of drug-likeness (QED) is 0.130. The van der Waals surface area contributed by atoms with Crippen molar-refractivity contribution < 1.29 is 45.3 Å². The van der Waals surface area contributed by atoms with Gasteiger partial charge in [0, 0.05) is 12.1 Å². The molecule has 47 heavy (non-hydrogen) atoms. The van der Waals surface area contributed by atoms with Crippen molar-refractivity contribution in [2.24, 2.45) is 5.92 Å². The van der Waals surface area contributed by atoms with Crippen LogP contribution < -0.4 is 4.74 Å². The lowest BCUT2D eigenvalue weighted by atomic mass is 9.77. The molecule has 0 aromatic heterocycles. The van der Waals surface area contributed by atoms with E-state index < -0.39 is 52.4 Å². The maximum absolute atomic E-state index is 13.7. The first-order valence-electron chi connectivity index (χ1n) is 15.7. The lowest BCUT2D eigenvalue weighted by Crippen LogP contribution is -2.58. The van der Waals surface area contributed by atoms with E-state index in [-0.39, 0.29) is 37.3 Å². The fourth-order valence-corrected chi connectivity index (χ4v) is 7.17. The van der Waals surface area contributed by atoms with Gasteiger partial charge in [0.15, 0.2) is 0 Å². The molecular weight excluding hydrogens is 624 g/mol. The number of hydrogen-bond acceptors (Lipinski definition) is 5. The molecule has 3 aromatic rings.